The molecule has 0 saturated carbocycles. The maximum atomic E-state index is 5.65. The van der Waals surface area contributed by atoms with Gasteiger partial charge in [-0.3, -0.25) is 0 Å². The monoisotopic (exact) mass is 201 g/mol. The zero-order chi connectivity index (χ0) is 10.1. The van der Waals surface area contributed by atoms with Gasteiger partial charge in [0, 0.05) is 11.7 Å². The van der Waals surface area contributed by atoms with Crippen molar-refractivity contribution in [1.82, 2.24) is 0 Å². The van der Waals surface area contributed by atoms with Crippen molar-refractivity contribution in [2.75, 3.05) is 0 Å². The number of aliphatic imine (C=N–C) groups is 1. The van der Waals surface area contributed by atoms with E-state index in [-0.39, 0.29) is 5.54 Å². The Morgan fingerprint density at radius 2 is 2.15 bits per heavy atom. The van der Waals surface area contributed by atoms with Gasteiger partial charge in [-0.05, 0) is 20.8 Å². The number of hydrogen-bond acceptors (Lipinski definition) is 3. The van der Waals surface area contributed by atoms with Crippen molar-refractivity contribution in [1.29, 1.82) is 0 Å². The average Bonchev–Trinajstić information content (AvgIpc) is 1.78. The summed E-state index contributed by atoms with van der Waals surface area (Å²) in [7, 11) is 0. The van der Waals surface area contributed by atoms with E-state index in [1.807, 2.05) is 0 Å². The molecule has 1 aliphatic heterocycles. The van der Waals surface area contributed by atoms with Gasteiger partial charge in [-0.2, -0.15) is 0 Å². The van der Waals surface area contributed by atoms with Crippen molar-refractivity contribution in [3.8, 4) is 0 Å². The molecule has 0 unspecified atom stereocenters. The maximum absolute atomic E-state index is 5.65. The Labute approximate surface area is 85.1 Å². The molecule has 1 atom stereocenters. The lowest BCUT2D eigenvalue weighted by Crippen LogP contribution is -2.33. The standard InChI is InChI=1S/C10H19NOS/c1-7(2)13-9-11-10(4,5)6-8(3)12-9/h7-8H,6H2,1-5H3/t8-/m0/s1. The first-order valence-electron chi connectivity index (χ1n) is 4.82. The van der Waals surface area contributed by atoms with Crippen molar-refractivity contribution < 1.29 is 4.74 Å². The van der Waals surface area contributed by atoms with Gasteiger partial charge in [-0.15, -0.1) is 0 Å². The van der Waals surface area contributed by atoms with Crippen LogP contribution in [0.4, 0.5) is 0 Å². The van der Waals surface area contributed by atoms with E-state index in [0.29, 0.717) is 11.4 Å². The second-order valence-corrected chi connectivity index (χ2v) is 6.02. The van der Waals surface area contributed by atoms with Gasteiger partial charge >= 0.3 is 0 Å². The maximum Gasteiger partial charge on any atom is 0.246 e. The van der Waals surface area contributed by atoms with E-state index < -0.39 is 0 Å². The molecule has 0 saturated heterocycles. The van der Waals surface area contributed by atoms with Crippen LogP contribution < -0.4 is 0 Å². The van der Waals surface area contributed by atoms with Crippen LogP contribution in [0.3, 0.4) is 0 Å². The van der Waals surface area contributed by atoms with Crippen LogP contribution in [-0.2, 0) is 4.74 Å². The predicted molar refractivity (Wildman–Crippen MR) is 59.4 cm³/mol. The van der Waals surface area contributed by atoms with Crippen molar-refractivity contribution in [3.05, 3.63) is 0 Å². The molecule has 1 heterocycles. The molecular weight excluding hydrogens is 182 g/mol. The van der Waals surface area contributed by atoms with Crippen LogP contribution in [-0.4, -0.2) is 22.1 Å². The Kier molecular flexibility index (Phi) is 3.28. The lowest BCUT2D eigenvalue weighted by molar-refractivity contribution is 0.152. The molecule has 1 aliphatic rings. The van der Waals surface area contributed by atoms with Crippen LogP contribution in [0.2, 0.25) is 0 Å². The molecule has 0 aliphatic carbocycles. The molecular formula is C10H19NOS. The fraction of sp³-hybridized carbons (Fsp3) is 0.900. The molecule has 0 spiro atoms. The van der Waals surface area contributed by atoms with Crippen LogP contribution in [0.25, 0.3) is 0 Å². The lowest BCUT2D eigenvalue weighted by atomic mass is 9.98. The van der Waals surface area contributed by atoms with Gasteiger partial charge in [0.1, 0.15) is 6.10 Å². The Morgan fingerprint density at radius 1 is 1.54 bits per heavy atom. The fourth-order valence-corrected chi connectivity index (χ4v) is 2.42. The van der Waals surface area contributed by atoms with E-state index in [4.69, 9.17) is 4.74 Å². The molecule has 3 heteroatoms. The number of nitrogens with zero attached hydrogens (tertiary/aromatic N) is 1. The highest BCUT2D eigenvalue weighted by Gasteiger charge is 2.28. The topological polar surface area (TPSA) is 21.6 Å². The molecule has 1 rings (SSSR count). The molecule has 2 nitrogen and oxygen atoms in total. The van der Waals surface area contributed by atoms with Gasteiger partial charge < -0.3 is 4.74 Å². The normalized spacial score (nSPS) is 26.9. The number of hydrogen-bond donors (Lipinski definition) is 0. The fourth-order valence-electron chi connectivity index (χ4n) is 1.49. The Balaban J connectivity index is 2.67. The van der Waals surface area contributed by atoms with Crippen molar-refractivity contribution in [2.24, 2.45) is 4.99 Å². The highest BCUT2D eigenvalue weighted by molar-refractivity contribution is 8.14. The third kappa shape index (κ3) is 3.59. The summed E-state index contributed by atoms with van der Waals surface area (Å²) in [5.41, 5.74) is 0.0505. The van der Waals surface area contributed by atoms with Gasteiger partial charge in [0.2, 0.25) is 5.23 Å². The van der Waals surface area contributed by atoms with Gasteiger partial charge in [-0.1, -0.05) is 25.6 Å². The first-order chi connectivity index (χ1) is 5.89. The van der Waals surface area contributed by atoms with E-state index in [1.165, 1.54) is 0 Å². The molecule has 0 aromatic rings. The first-order valence-corrected chi connectivity index (χ1v) is 5.70. The van der Waals surface area contributed by atoms with Gasteiger partial charge in [0.05, 0.1) is 5.54 Å². The summed E-state index contributed by atoms with van der Waals surface area (Å²) in [5, 5.41) is 1.40. The molecule has 76 valence electrons. The highest BCUT2D eigenvalue weighted by atomic mass is 32.2. The largest absolute Gasteiger partial charge is 0.470 e. The van der Waals surface area contributed by atoms with Gasteiger partial charge in [0.25, 0.3) is 0 Å². The zero-order valence-corrected chi connectivity index (χ0v) is 9.94. The van der Waals surface area contributed by atoms with Crippen LogP contribution in [0.15, 0.2) is 4.99 Å². The van der Waals surface area contributed by atoms with E-state index in [2.05, 4.69) is 39.6 Å². The second kappa shape index (κ2) is 3.91. The summed E-state index contributed by atoms with van der Waals surface area (Å²) >= 11 is 1.71. The number of thioether (sulfide) groups is 1. The molecule has 13 heavy (non-hydrogen) atoms. The summed E-state index contributed by atoms with van der Waals surface area (Å²) in [5.74, 6) is 0. The van der Waals surface area contributed by atoms with Crippen molar-refractivity contribution in [2.45, 2.75) is 57.9 Å². The summed E-state index contributed by atoms with van der Waals surface area (Å²) in [4.78, 5) is 4.56. The van der Waals surface area contributed by atoms with E-state index in [0.717, 1.165) is 11.7 Å². The first kappa shape index (κ1) is 10.9. The summed E-state index contributed by atoms with van der Waals surface area (Å²) in [6.07, 6.45) is 1.31. The van der Waals surface area contributed by atoms with E-state index >= 15 is 0 Å². The minimum absolute atomic E-state index is 0.0505. The van der Waals surface area contributed by atoms with Crippen LogP contribution in [0.5, 0.6) is 0 Å². The minimum Gasteiger partial charge on any atom is -0.470 e. The Hall–Kier alpha value is -0.180. The third-order valence-corrected chi connectivity index (χ3v) is 2.68. The lowest BCUT2D eigenvalue weighted by Gasteiger charge is -2.31. The molecule has 0 aromatic carbocycles. The molecule has 0 bridgehead atoms. The Morgan fingerprint density at radius 3 is 2.62 bits per heavy atom. The third-order valence-electron chi connectivity index (χ3n) is 1.82. The van der Waals surface area contributed by atoms with E-state index in [9.17, 15) is 0 Å². The van der Waals surface area contributed by atoms with Crippen LogP contribution in [0.1, 0.15) is 41.0 Å². The quantitative estimate of drug-likeness (QED) is 0.650. The Bertz CT molecular complexity index is 211. The zero-order valence-electron chi connectivity index (χ0n) is 9.13. The van der Waals surface area contributed by atoms with Crippen molar-refractivity contribution in [3.63, 3.8) is 0 Å². The van der Waals surface area contributed by atoms with E-state index in [1.54, 1.807) is 11.8 Å². The minimum atomic E-state index is 0.0505. The van der Waals surface area contributed by atoms with Crippen LogP contribution >= 0.6 is 11.8 Å². The average molecular weight is 201 g/mol. The molecule has 0 N–H and O–H groups in total. The predicted octanol–water partition coefficient (Wildman–Crippen LogP) is 3.07. The SMILES string of the molecule is CC(C)SC1=NC(C)(C)C[C@H](C)O1. The summed E-state index contributed by atoms with van der Waals surface area (Å²) in [6.45, 7) is 10.7. The number of ether oxygens (including phenoxy) is 1. The van der Waals surface area contributed by atoms with Crippen molar-refractivity contribution >= 4 is 17.0 Å². The van der Waals surface area contributed by atoms with Gasteiger partial charge in [-0.25, -0.2) is 4.99 Å². The molecule has 0 fully saturated rings. The summed E-state index contributed by atoms with van der Waals surface area (Å²) < 4.78 is 5.65. The highest BCUT2D eigenvalue weighted by Crippen LogP contribution is 2.28. The number of rotatable bonds is 1. The molecule has 0 radical (unpaired) electrons. The van der Waals surface area contributed by atoms with Crippen LogP contribution in [0, 0.1) is 0 Å². The molecule has 0 amide bonds. The second-order valence-electron chi connectivity index (χ2n) is 4.49. The molecule has 0 aromatic heterocycles. The van der Waals surface area contributed by atoms with Gasteiger partial charge in [0.15, 0.2) is 0 Å². The summed E-state index contributed by atoms with van der Waals surface area (Å²) in [6, 6.07) is 0. The smallest absolute Gasteiger partial charge is 0.246 e.